The summed E-state index contributed by atoms with van der Waals surface area (Å²) in [5.41, 5.74) is 1.83. The summed E-state index contributed by atoms with van der Waals surface area (Å²) in [6, 6.07) is 9.96. The predicted octanol–water partition coefficient (Wildman–Crippen LogP) is 2.99. The second-order valence-electron chi connectivity index (χ2n) is 7.13. The van der Waals surface area contributed by atoms with Gasteiger partial charge < -0.3 is 24.3 Å². The Morgan fingerprint density at radius 3 is 2.52 bits per heavy atom. The standard InChI is InChI=1S/C22H25NO6/c1-14(2)15-5-7-16(8-6-15)19-18(20(25)17-4-3-11-29-17)21(26)22(27)23(19)9-12-28-13-10-24/h3-8,11,14,19,24,26H,9-10,12-13H2,1-2H3/t19-/m1/s1. The van der Waals surface area contributed by atoms with E-state index in [9.17, 15) is 14.7 Å². The van der Waals surface area contributed by atoms with Crippen LogP contribution in [0.1, 0.15) is 47.5 Å². The largest absolute Gasteiger partial charge is 0.503 e. The molecule has 1 aromatic carbocycles. The molecule has 0 radical (unpaired) electrons. The first-order valence-corrected chi connectivity index (χ1v) is 9.56. The average molecular weight is 399 g/mol. The maximum Gasteiger partial charge on any atom is 0.290 e. The number of aliphatic hydroxyl groups is 2. The fourth-order valence-corrected chi connectivity index (χ4v) is 3.40. The van der Waals surface area contributed by atoms with Crippen molar-refractivity contribution in [1.29, 1.82) is 0 Å². The summed E-state index contributed by atoms with van der Waals surface area (Å²) in [7, 11) is 0. The molecule has 1 aliphatic heterocycles. The molecular formula is C22H25NO6. The van der Waals surface area contributed by atoms with Crippen LogP contribution in [0, 0.1) is 0 Å². The zero-order chi connectivity index (χ0) is 21.0. The van der Waals surface area contributed by atoms with Crippen LogP contribution in [-0.2, 0) is 9.53 Å². The molecule has 0 aliphatic carbocycles. The number of Topliss-reactive ketones (excluding diaryl/α,β-unsaturated/α-hetero) is 1. The van der Waals surface area contributed by atoms with E-state index < -0.39 is 23.5 Å². The lowest BCUT2D eigenvalue weighted by molar-refractivity contribution is -0.130. The summed E-state index contributed by atoms with van der Waals surface area (Å²) in [5.74, 6) is -1.35. The van der Waals surface area contributed by atoms with Crippen LogP contribution in [0.25, 0.3) is 0 Å². The Kier molecular flexibility index (Phi) is 6.51. The molecule has 3 rings (SSSR count). The monoisotopic (exact) mass is 399 g/mol. The van der Waals surface area contributed by atoms with Gasteiger partial charge in [0.1, 0.15) is 0 Å². The predicted molar refractivity (Wildman–Crippen MR) is 106 cm³/mol. The van der Waals surface area contributed by atoms with Gasteiger partial charge in [-0.2, -0.15) is 0 Å². The van der Waals surface area contributed by atoms with Crippen molar-refractivity contribution in [2.45, 2.75) is 25.8 Å². The number of carbonyl (C=O) groups excluding carboxylic acids is 2. The highest BCUT2D eigenvalue weighted by Crippen LogP contribution is 2.39. The van der Waals surface area contributed by atoms with E-state index in [0.29, 0.717) is 11.5 Å². The van der Waals surface area contributed by atoms with Crippen molar-refractivity contribution in [3.8, 4) is 0 Å². The maximum absolute atomic E-state index is 13.0. The first kappa shape index (κ1) is 20.8. The molecule has 1 atom stereocenters. The van der Waals surface area contributed by atoms with Crippen LogP contribution in [0.4, 0.5) is 0 Å². The van der Waals surface area contributed by atoms with Crippen molar-refractivity contribution in [1.82, 2.24) is 4.90 Å². The second-order valence-corrected chi connectivity index (χ2v) is 7.13. The Bertz CT molecular complexity index is 883. The number of hydrogen-bond acceptors (Lipinski definition) is 6. The van der Waals surface area contributed by atoms with Crippen molar-refractivity contribution in [2.24, 2.45) is 0 Å². The number of hydrogen-bond donors (Lipinski definition) is 2. The van der Waals surface area contributed by atoms with Crippen LogP contribution in [0.3, 0.4) is 0 Å². The van der Waals surface area contributed by atoms with Crippen LogP contribution in [0.15, 0.2) is 58.4 Å². The minimum absolute atomic E-state index is 0.00981. The molecule has 2 aromatic rings. The van der Waals surface area contributed by atoms with Gasteiger partial charge in [0.05, 0.1) is 37.7 Å². The number of carbonyl (C=O) groups is 2. The van der Waals surface area contributed by atoms with Gasteiger partial charge in [-0.1, -0.05) is 38.1 Å². The summed E-state index contributed by atoms with van der Waals surface area (Å²) in [5, 5.41) is 19.4. The fraction of sp³-hybridized carbons (Fsp3) is 0.364. The Hall–Kier alpha value is -2.90. The lowest BCUT2D eigenvalue weighted by atomic mass is 9.93. The molecule has 0 fully saturated rings. The van der Waals surface area contributed by atoms with Gasteiger partial charge in [0.25, 0.3) is 5.91 Å². The molecule has 0 spiro atoms. The van der Waals surface area contributed by atoms with Gasteiger partial charge in [-0.05, 0) is 29.2 Å². The zero-order valence-electron chi connectivity index (χ0n) is 16.5. The van der Waals surface area contributed by atoms with Crippen molar-refractivity contribution in [3.63, 3.8) is 0 Å². The number of amides is 1. The topological polar surface area (TPSA) is 100 Å². The first-order chi connectivity index (χ1) is 14.0. The third-order valence-electron chi connectivity index (χ3n) is 4.92. The molecule has 0 unspecified atom stereocenters. The first-order valence-electron chi connectivity index (χ1n) is 9.56. The molecule has 1 aliphatic rings. The number of rotatable bonds is 9. The van der Waals surface area contributed by atoms with Crippen LogP contribution in [-0.4, -0.2) is 53.2 Å². The summed E-state index contributed by atoms with van der Waals surface area (Å²) in [6.07, 6.45) is 1.37. The number of aliphatic hydroxyl groups excluding tert-OH is 2. The molecule has 0 bridgehead atoms. The highest BCUT2D eigenvalue weighted by atomic mass is 16.5. The van der Waals surface area contributed by atoms with E-state index in [1.54, 1.807) is 6.07 Å². The molecule has 154 valence electrons. The number of benzene rings is 1. The number of ketones is 1. The van der Waals surface area contributed by atoms with E-state index in [-0.39, 0.29) is 37.7 Å². The third-order valence-corrected chi connectivity index (χ3v) is 4.92. The van der Waals surface area contributed by atoms with Crippen LogP contribution in [0.5, 0.6) is 0 Å². The summed E-state index contributed by atoms with van der Waals surface area (Å²) < 4.78 is 10.5. The van der Waals surface area contributed by atoms with Gasteiger partial charge >= 0.3 is 0 Å². The van der Waals surface area contributed by atoms with Gasteiger partial charge in [-0.3, -0.25) is 9.59 Å². The fourth-order valence-electron chi connectivity index (χ4n) is 3.40. The quantitative estimate of drug-likeness (QED) is 0.497. The van der Waals surface area contributed by atoms with E-state index in [1.165, 1.54) is 17.2 Å². The molecule has 0 saturated heterocycles. The van der Waals surface area contributed by atoms with Crippen molar-refractivity contribution < 1.29 is 29.0 Å². The van der Waals surface area contributed by atoms with Crippen LogP contribution >= 0.6 is 0 Å². The lowest BCUT2D eigenvalue weighted by Gasteiger charge is -2.27. The summed E-state index contributed by atoms with van der Waals surface area (Å²) in [6.45, 7) is 4.51. The Morgan fingerprint density at radius 1 is 1.21 bits per heavy atom. The van der Waals surface area contributed by atoms with Gasteiger partial charge in [0.2, 0.25) is 5.78 Å². The molecule has 1 aromatic heterocycles. The number of furan rings is 1. The van der Waals surface area contributed by atoms with E-state index in [0.717, 1.165) is 5.56 Å². The average Bonchev–Trinajstić information content (AvgIpc) is 3.33. The summed E-state index contributed by atoms with van der Waals surface area (Å²) >= 11 is 0. The minimum Gasteiger partial charge on any atom is -0.503 e. The van der Waals surface area contributed by atoms with E-state index in [2.05, 4.69) is 13.8 Å². The van der Waals surface area contributed by atoms with Gasteiger partial charge in [0, 0.05) is 6.54 Å². The molecule has 2 N–H and O–H groups in total. The van der Waals surface area contributed by atoms with Crippen LogP contribution in [0.2, 0.25) is 0 Å². The van der Waals surface area contributed by atoms with Crippen molar-refractivity contribution in [3.05, 3.63) is 70.9 Å². The molecule has 1 amide bonds. The van der Waals surface area contributed by atoms with E-state index >= 15 is 0 Å². The van der Waals surface area contributed by atoms with E-state index in [4.69, 9.17) is 14.3 Å². The van der Waals surface area contributed by atoms with Crippen molar-refractivity contribution >= 4 is 11.7 Å². The molecule has 2 heterocycles. The third kappa shape index (κ3) is 4.26. The maximum atomic E-state index is 13.0. The smallest absolute Gasteiger partial charge is 0.290 e. The summed E-state index contributed by atoms with van der Waals surface area (Å²) in [4.78, 5) is 27.1. The number of nitrogens with zero attached hydrogens (tertiary/aromatic N) is 1. The van der Waals surface area contributed by atoms with Gasteiger partial charge in [-0.15, -0.1) is 0 Å². The zero-order valence-corrected chi connectivity index (χ0v) is 16.5. The molecule has 7 heteroatoms. The molecule has 29 heavy (non-hydrogen) atoms. The van der Waals surface area contributed by atoms with Gasteiger partial charge in [-0.25, -0.2) is 0 Å². The normalized spacial score (nSPS) is 16.9. The van der Waals surface area contributed by atoms with Crippen molar-refractivity contribution in [2.75, 3.05) is 26.4 Å². The Balaban J connectivity index is 1.97. The minimum atomic E-state index is -0.751. The highest BCUT2D eigenvalue weighted by Gasteiger charge is 2.44. The lowest BCUT2D eigenvalue weighted by Crippen LogP contribution is -2.34. The Labute approximate surface area is 169 Å². The SMILES string of the molecule is CC(C)c1ccc([C@@H]2C(C(=O)c3ccco3)=C(O)C(=O)N2CCOCCO)cc1. The highest BCUT2D eigenvalue weighted by molar-refractivity contribution is 6.15. The second kappa shape index (κ2) is 9.07. The van der Waals surface area contributed by atoms with E-state index in [1.807, 2.05) is 24.3 Å². The van der Waals surface area contributed by atoms with Gasteiger partial charge in [0.15, 0.2) is 11.5 Å². The van der Waals surface area contributed by atoms with Crippen LogP contribution < -0.4 is 0 Å². The molecule has 0 saturated carbocycles. The molecular weight excluding hydrogens is 374 g/mol. The Morgan fingerprint density at radius 2 is 1.93 bits per heavy atom. The number of ether oxygens (including phenoxy) is 1. The molecule has 7 nitrogen and oxygen atoms in total.